The van der Waals surface area contributed by atoms with Crippen molar-refractivity contribution in [2.75, 3.05) is 27.3 Å². The predicted molar refractivity (Wildman–Crippen MR) is 93.3 cm³/mol. The molecule has 0 amide bonds. The first kappa shape index (κ1) is 15.9. The zero-order chi connectivity index (χ0) is 16.1. The molecule has 3 rings (SSSR count). The quantitative estimate of drug-likeness (QED) is 0.812. The van der Waals surface area contributed by atoms with Crippen LogP contribution in [0.2, 0.25) is 0 Å². The normalized spacial score (nSPS) is 14.3. The molecule has 0 N–H and O–H groups in total. The van der Waals surface area contributed by atoms with E-state index < -0.39 is 0 Å². The Bertz CT molecular complexity index is 640. The van der Waals surface area contributed by atoms with E-state index in [1.54, 1.807) is 14.2 Å². The van der Waals surface area contributed by atoms with E-state index in [0.29, 0.717) is 0 Å². The minimum atomic E-state index is 0.837. The van der Waals surface area contributed by atoms with Gasteiger partial charge in [0.25, 0.3) is 0 Å². The van der Waals surface area contributed by atoms with Gasteiger partial charge in [0.1, 0.15) is 0 Å². The van der Waals surface area contributed by atoms with E-state index in [2.05, 4.69) is 41.3 Å². The van der Waals surface area contributed by atoms with Crippen molar-refractivity contribution in [2.45, 2.75) is 25.8 Å². The van der Waals surface area contributed by atoms with E-state index in [9.17, 15) is 0 Å². The van der Waals surface area contributed by atoms with Gasteiger partial charge in [0.15, 0.2) is 11.5 Å². The lowest BCUT2D eigenvalue weighted by Crippen LogP contribution is -2.31. The zero-order valence-corrected chi connectivity index (χ0v) is 14.0. The van der Waals surface area contributed by atoms with Gasteiger partial charge in [0.05, 0.1) is 14.2 Å². The molecule has 3 heteroatoms. The summed E-state index contributed by atoms with van der Waals surface area (Å²) in [7, 11) is 3.42. The van der Waals surface area contributed by atoms with Crippen molar-refractivity contribution in [1.82, 2.24) is 4.90 Å². The van der Waals surface area contributed by atoms with Crippen molar-refractivity contribution in [2.24, 2.45) is 0 Å². The first-order chi connectivity index (χ1) is 11.3. The van der Waals surface area contributed by atoms with E-state index in [0.717, 1.165) is 44.0 Å². The molecule has 0 saturated heterocycles. The van der Waals surface area contributed by atoms with Gasteiger partial charge in [-0.3, -0.25) is 4.90 Å². The largest absolute Gasteiger partial charge is 0.493 e. The summed E-state index contributed by atoms with van der Waals surface area (Å²) >= 11 is 0. The molecule has 0 fully saturated rings. The molecule has 0 aromatic heterocycles. The van der Waals surface area contributed by atoms with Crippen molar-refractivity contribution >= 4 is 0 Å². The number of nitrogens with zero attached hydrogens (tertiary/aromatic N) is 1. The molecule has 1 aliphatic rings. The van der Waals surface area contributed by atoms with Gasteiger partial charge in [-0.1, -0.05) is 36.4 Å². The van der Waals surface area contributed by atoms with Gasteiger partial charge < -0.3 is 9.47 Å². The van der Waals surface area contributed by atoms with Crippen molar-refractivity contribution in [3.63, 3.8) is 0 Å². The molecular formula is C20H25NO2. The summed E-state index contributed by atoms with van der Waals surface area (Å²) in [6, 6.07) is 14.9. The fourth-order valence-corrected chi connectivity index (χ4v) is 3.39. The Labute approximate surface area is 138 Å². The number of hydrogen-bond acceptors (Lipinski definition) is 3. The van der Waals surface area contributed by atoms with Gasteiger partial charge in [-0.05, 0) is 43.0 Å². The van der Waals surface area contributed by atoms with Crippen LogP contribution in [0.15, 0.2) is 42.5 Å². The molecule has 2 aromatic rings. The fourth-order valence-electron chi connectivity index (χ4n) is 3.39. The third kappa shape index (κ3) is 3.67. The van der Waals surface area contributed by atoms with Crippen molar-refractivity contribution in [1.29, 1.82) is 0 Å². The predicted octanol–water partition coefficient (Wildman–Crippen LogP) is 3.69. The number of hydrogen-bond donors (Lipinski definition) is 0. The van der Waals surface area contributed by atoms with Crippen LogP contribution in [-0.2, 0) is 19.4 Å². The van der Waals surface area contributed by atoms with Gasteiger partial charge >= 0.3 is 0 Å². The highest BCUT2D eigenvalue weighted by atomic mass is 16.5. The first-order valence-electron chi connectivity index (χ1n) is 8.31. The minimum absolute atomic E-state index is 0.837. The third-order valence-corrected chi connectivity index (χ3v) is 4.60. The highest BCUT2D eigenvalue weighted by molar-refractivity contribution is 5.51. The molecule has 0 atom stereocenters. The SMILES string of the molecule is COc1ccc2c(c1OC)CCN(CCCc1ccccc1)C2. The Kier molecular flexibility index (Phi) is 5.19. The Morgan fingerprint density at radius 2 is 1.83 bits per heavy atom. The number of aryl methyl sites for hydroxylation is 1. The Balaban J connectivity index is 1.60. The van der Waals surface area contributed by atoms with Crippen LogP contribution in [0, 0.1) is 0 Å². The van der Waals surface area contributed by atoms with Gasteiger partial charge in [-0.2, -0.15) is 0 Å². The standard InChI is InChI=1S/C20H25NO2/c1-22-19-11-10-17-15-21(14-12-18(17)20(19)23-2)13-6-9-16-7-4-3-5-8-16/h3-5,7-8,10-11H,6,9,12-15H2,1-2H3. The summed E-state index contributed by atoms with van der Waals surface area (Å²) in [6.45, 7) is 3.23. The maximum atomic E-state index is 5.57. The fraction of sp³-hybridized carbons (Fsp3) is 0.400. The Morgan fingerprint density at radius 3 is 2.57 bits per heavy atom. The number of methoxy groups -OCH3 is 2. The van der Waals surface area contributed by atoms with Gasteiger partial charge in [-0.25, -0.2) is 0 Å². The maximum Gasteiger partial charge on any atom is 0.164 e. The molecular weight excluding hydrogens is 286 g/mol. The summed E-state index contributed by atoms with van der Waals surface area (Å²) in [5, 5.41) is 0. The molecule has 0 saturated carbocycles. The van der Waals surface area contributed by atoms with E-state index in [1.807, 2.05) is 6.07 Å². The second kappa shape index (κ2) is 7.51. The third-order valence-electron chi connectivity index (χ3n) is 4.60. The van der Waals surface area contributed by atoms with Gasteiger partial charge in [-0.15, -0.1) is 0 Å². The first-order valence-corrected chi connectivity index (χ1v) is 8.31. The zero-order valence-electron chi connectivity index (χ0n) is 14.0. The number of benzene rings is 2. The number of rotatable bonds is 6. The molecule has 1 heterocycles. The average Bonchev–Trinajstić information content (AvgIpc) is 2.61. The molecule has 122 valence electrons. The van der Waals surface area contributed by atoms with E-state index in [1.165, 1.54) is 23.1 Å². The van der Waals surface area contributed by atoms with Crippen LogP contribution in [-0.4, -0.2) is 32.2 Å². The second-order valence-corrected chi connectivity index (χ2v) is 6.05. The lowest BCUT2D eigenvalue weighted by molar-refractivity contribution is 0.247. The van der Waals surface area contributed by atoms with Crippen LogP contribution in [0.5, 0.6) is 11.5 Å². The molecule has 0 unspecified atom stereocenters. The smallest absolute Gasteiger partial charge is 0.164 e. The van der Waals surface area contributed by atoms with Crippen LogP contribution in [0.3, 0.4) is 0 Å². The molecule has 3 nitrogen and oxygen atoms in total. The molecule has 0 aliphatic carbocycles. The summed E-state index contributed by atoms with van der Waals surface area (Å²) in [4.78, 5) is 2.54. The van der Waals surface area contributed by atoms with Crippen LogP contribution in [0.4, 0.5) is 0 Å². The van der Waals surface area contributed by atoms with Crippen LogP contribution >= 0.6 is 0 Å². The second-order valence-electron chi connectivity index (χ2n) is 6.05. The van der Waals surface area contributed by atoms with Crippen LogP contribution < -0.4 is 9.47 Å². The minimum Gasteiger partial charge on any atom is -0.493 e. The van der Waals surface area contributed by atoms with E-state index in [-0.39, 0.29) is 0 Å². The molecule has 1 aliphatic heterocycles. The van der Waals surface area contributed by atoms with Gasteiger partial charge in [0, 0.05) is 18.7 Å². The highest BCUT2D eigenvalue weighted by Gasteiger charge is 2.21. The molecule has 0 spiro atoms. The van der Waals surface area contributed by atoms with Crippen LogP contribution in [0.1, 0.15) is 23.1 Å². The molecule has 0 bridgehead atoms. The Hall–Kier alpha value is -2.00. The highest BCUT2D eigenvalue weighted by Crippen LogP contribution is 2.36. The monoisotopic (exact) mass is 311 g/mol. The average molecular weight is 311 g/mol. The van der Waals surface area contributed by atoms with Crippen molar-refractivity contribution in [3.05, 3.63) is 59.2 Å². The lowest BCUT2D eigenvalue weighted by atomic mass is 9.97. The summed E-state index contributed by atoms with van der Waals surface area (Å²) in [5.74, 6) is 1.75. The number of ether oxygens (including phenoxy) is 2. The summed E-state index contributed by atoms with van der Waals surface area (Å²) in [5.41, 5.74) is 4.11. The van der Waals surface area contributed by atoms with Gasteiger partial charge in [0.2, 0.25) is 0 Å². The van der Waals surface area contributed by atoms with Crippen LogP contribution in [0.25, 0.3) is 0 Å². The van der Waals surface area contributed by atoms with Crippen molar-refractivity contribution in [3.8, 4) is 11.5 Å². The summed E-state index contributed by atoms with van der Waals surface area (Å²) < 4.78 is 11.0. The topological polar surface area (TPSA) is 21.7 Å². The molecule has 2 aromatic carbocycles. The lowest BCUT2D eigenvalue weighted by Gasteiger charge is -2.30. The number of fused-ring (bicyclic) bond motifs is 1. The molecule has 23 heavy (non-hydrogen) atoms. The van der Waals surface area contributed by atoms with E-state index >= 15 is 0 Å². The maximum absolute atomic E-state index is 5.57. The van der Waals surface area contributed by atoms with Crippen molar-refractivity contribution < 1.29 is 9.47 Å². The van der Waals surface area contributed by atoms with E-state index in [4.69, 9.17) is 9.47 Å². The Morgan fingerprint density at radius 1 is 1.00 bits per heavy atom. The summed E-state index contributed by atoms with van der Waals surface area (Å²) in [6.07, 6.45) is 3.38. The molecule has 0 radical (unpaired) electrons.